The Kier molecular flexibility index (Phi) is 3.39. The van der Waals surface area contributed by atoms with Crippen molar-refractivity contribution in [2.75, 3.05) is 6.61 Å². The van der Waals surface area contributed by atoms with Gasteiger partial charge in [-0.1, -0.05) is 60.2 Å². The first-order valence-electron chi connectivity index (χ1n) is 7.04. The lowest BCUT2D eigenvalue weighted by atomic mass is 9.85. The van der Waals surface area contributed by atoms with Crippen molar-refractivity contribution in [1.29, 1.82) is 0 Å². The Morgan fingerprint density at radius 3 is 2.37 bits per heavy atom. The highest BCUT2D eigenvalue weighted by atomic mass is 16.5. The summed E-state index contributed by atoms with van der Waals surface area (Å²) in [6.07, 6.45) is 3.24. The topological polar surface area (TPSA) is 9.23 Å². The molecule has 1 aliphatic rings. The first-order chi connectivity index (χ1) is 9.28. The molecule has 2 aromatic carbocycles. The monoisotopic (exact) mass is 252 g/mol. The van der Waals surface area contributed by atoms with Gasteiger partial charge in [-0.25, -0.2) is 0 Å². The summed E-state index contributed by atoms with van der Waals surface area (Å²) in [5, 5.41) is 0. The van der Waals surface area contributed by atoms with Crippen molar-refractivity contribution in [3.8, 4) is 0 Å². The Morgan fingerprint density at radius 2 is 1.74 bits per heavy atom. The summed E-state index contributed by atoms with van der Waals surface area (Å²) < 4.78 is 6.16. The minimum Gasteiger partial charge on any atom is -0.370 e. The van der Waals surface area contributed by atoms with E-state index in [0.717, 1.165) is 25.9 Å². The van der Waals surface area contributed by atoms with Crippen molar-refractivity contribution in [2.24, 2.45) is 0 Å². The smallest absolute Gasteiger partial charge is 0.0972 e. The lowest BCUT2D eigenvalue weighted by Gasteiger charge is -2.29. The second-order valence-electron chi connectivity index (χ2n) is 5.47. The van der Waals surface area contributed by atoms with Crippen molar-refractivity contribution in [3.63, 3.8) is 0 Å². The molecule has 1 fully saturated rings. The summed E-state index contributed by atoms with van der Waals surface area (Å²) in [5.74, 6) is 0. The maximum Gasteiger partial charge on any atom is 0.0972 e. The Bertz CT molecular complexity index is 521. The van der Waals surface area contributed by atoms with E-state index in [-0.39, 0.29) is 5.60 Å². The van der Waals surface area contributed by atoms with E-state index < -0.39 is 0 Å². The van der Waals surface area contributed by atoms with Crippen LogP contribution in [-0.4, -0.2) is 6.61 Å². The summed E-state index contributed by atoms with van der Waals surface area (Å²) in [7, 11) is 0. The lowest BCUT2D eigenvalue weighted by molar-refractivity contribution is 0.000360. The highest BCUT2D eigenvalue weighted by Crippen LogP contribution is 2.39. The largest absolute Gasteiger partial charge is 0.370 e. The zero-order valence-corrected chi connectivity index (χ0v) is 11.4. The van der Waals surface area contributed by atoms with Crippen molar-refractivity contribution >= 4 is 0 Å². The van der Waals surface area contributed by atoms with Crippen LogP contribution in [0.15, 0.2) is 54.6 Å². The van der Waals surface area contributed by atoms with Crippen LogP contribution in [0.1, 0.15) is 29.5 Å². The van der Waals surface area contributed by atoms with E-state index in [9.17, 15) is 0 Å². The number of hydrogen-bond acceptors (Lipinski definition) is 1. The van der Waals surface area contributed by atoms with Crippen LogP contribution in [-0.2, 0) is 16.8 Å². The maximum atomic E-state index is 6.16. The van der Waals surface area contributed by atoms with E-state index in [1.807, 2.05) is 0 Å². The highest BCUT2D eigenvalue weighted by Gasteiger charge is 2.36. The molecule has 0 aliphatic carbocycles. The van der Waals surface area contributed by atoms with Crippen molar-refractivity contribution in [1.82, 2.24) is 0 Å². The molecule has 3 rings (SSSR count). The van der Waals surface area contributed by atoms with Gasteiger partial charge in [0.05, 0.1) is 5.60 Å². The van der Waals surface area contributed by atoms with E-state index in [2.05, 4.69) is 61.5 Å². The number of rotatable bonds is 3. The van der Waals surface area contributed by atoms with Crippen LogP contribution in [0.2, 0.25) is 0 Å². The first kappa shape index (κ1) is 12.4. The zero-order valence-electron chi connectivity index (χ0n) is 11.4. The maximum absolute atomic E-state index is 6.16. The number of hydrogen-bond donors (Lipinski definition) is 0. The van der Waals surface area contributed by atoms with Crippen LogP contribution in [0.4, 0.5) is 0 Å². The van der Waals surface area contributed by atoms with Gasteiger partial charge in [0.25, 0.3) is 0 Å². The summed E-state index contributed by atoms with van der Waals surface area (Å²) in [4.78, 5) is 0. The predicted octanol–water partition coefficient (Wildman–Crippen LogP) is 4.24. The normalized spacial score (nSPS) is 22.6. The summed E-state index contributed by atoms with van der Waals surface area (Å²) in [5.41, 5.74) is 3.87. The molecule has 19 heavy (non-hydrogen) atoms. The van der Waals surface area contributed by atoms with E-state index in [4.69, 9.17) is 4.74 Å². The molecular formula is C18H20O. The van der Waals surface area contributed by atoms with E-state index in [1.165, 1.54) is 16.7 Å². The minimum absolute atomic E-state index is 0.115. The quantitative estimate of drug-likeness (QED) is 0.793. The third-order valence-electron chi connectivity index (χ3n) is 4.01. The van der Waals surface area contributed by atoms with Gasteiger partial charge in [-0.2, -0.15) is 0 Å². The molecule has 0 spiro atoms. The van der Waals surface area contributed by atoms with Crippen molar-refractivity contribution < 1.29 is 4.74 Å². The van der Waals surface area contributed by atoms with Gasteiger partial charge >= 0.3 is 0 Å². The van der Waals surface area contributed by atoms with Gasteiger partial charge in [0, 0.05) is 13.0 Å². The molecule has 1 atom stereocenters. The van der Waals surface area contributed by atoms with Gasteiger partial charge in [0.2, 0.25) is 0 Å². The van der Waals surface area contributed by atoms with Gasteiger partial charge in [0.1, 0.15) is 0 Å². The summed E-state index contributed by atoms with van der Waals surface area (Å²) in [6.45, 7) is 3.00. The number of aryl methyl sites for hydroxylation is 1. The number of benzene rings is 2. The SMILES string of the molecule is Cc1ccc(CC2(c3ccccc3)CCCO2)cc1. The van der Waals surface area contributed by atoms with Gasteiger partial charge < -0.3 is 4.74 Å². The molecule has 0 N–H and O–H groups in total. The average molecular weight is 252 g/mol. The molecule has 0 bridgehead atoms. The molecule has 0 saturated carbocycles. The zero-order chi connectivity index (χ0) is 13.1. The van der Waals surface area contributed by atoms with Crippen LogP contribution in [0, 0.1) is 6.92 Å². The Labute approximate surface area is 115 Å². The van der Waals surface area contributed by atoms with Crippen molar-refractivity contribution in [3.05, 3.63) is 71.3 Å². The molecule has 1 heteroatoms. The van der Waals surface area contributed by atoms with E-state index >= 15 is 0 Å². The first-order valence-corrected chi connectivity index (χ1v) is 7.04. The molecule has 2 aromatic rings. The van der Waals surface area contributed by atoms with E-state index in [1.54, 1.807) is 0 Å². The molecule has 0 radical (unpaired) electrons. The summed E-state index contributed by atoms with van der Waals surface area (Å²) in [6, 6.07) is 19.5. The molecule has 1 unspecified atom stereocenters. The highest BCUT2D eigenvalue weighted by molar-refractivity contribution is 5.29. The second-order valence-corrected chi connectivity index (χ2v) is 5.47. The van der Waals surface area contributed by atoms with Crippen LogP contribution < -0.4 is 0 Å². The second kappa shape index (κ2) is 5.18. The average Bonchev–Trinajstić information content (AvgIpc) is 2.92. The third kappa shape index (κ3) is 2.57. The molecule has 0 amide bonds. The molecule has 0 aromatic heterocycles. The van der Waals surface area contributed by atoms with Crippen LogP contribution in [0.5, 0.6) is 0 Å². The Balaban J connectivity index is 1.91. The predicted molar refractivity (Wildman–Crippen MR) is 78.2 cm³/mol. The van der Waals surface area contributed by atoms with Gasteiger partial charge in [-0.3, -0.25) is 0 Å². The molecule has 1 heterocycles. The van der Waals surface area contributed by atoms with Gasteiger partial charge in [0.15, 0.2) is 0 Å². The lowest BCUT2D eigenvalue weighted by Crippen LogP contribution is -2.27. The van der Waals surface area contributed by atoms with Crippen LogP contribution >= 0.6 is 0 Å². The van der Waals surface area contributed by atoms with Crippen molar-refractivity contribution in [2.45, 2.75) is 31.8 Å². The Hall–Kier alpha value is -1.60. The van der Waals surface area contributed by atoms with Gasteiger partial charge in [-0.05, 0) is 30.9 Å². The fourth-order valence-electron chi connectivity index (χ4n) is 2.94. The number of ether oxygens (including phenoxy) is 1. The molecule has 1 aliphatic heterocycles. The standard InChI is InChI=1S/C18H20O/c1-15-8-10-16(11-9-15)14-18(12-5-13-19-18)17-6-3-2-4-7-17/h2-4,6-11H,5,12-14H2,1H3. The fraction of sp³-hybridized carbons (Fsp3) is 0.333. The molecule has 98 valence electrons. The fourth-order valence-corrected chi connectivity index (χ4v) is 2.94. The van der Waals surface area contributed by atoms with Crippen LogP contribution in [0.3, 0.4) is 0 Å². The van der Waals surface area contributed by atoms with E-state index in [0.29, 0.717) is 0 Å². The third-order valence-corrected chi connectivity index (χ3v) is 4.01. The Morgan fingerprint density at radius 1 is 1.00 bits per heavy atom. The summed E-state index contributed by atoms with van der Waals surface area (Å²) >= 11 is 0. The molecule has 1 nitrogen and oxygen atoms in total. The minimum atomic E-state index is -0.115. The van der Waals surface area contributed by atoms with Gasteiger partial charge in [-0.15, -0.1) is 0 Å². The molecule has 1 saturated heterocycles. The molecular weight excluding hydrogens is 232 g/mol. The van der Waals surface area contributed by atoms with Crippen LogP contribution in [0.25, 0.3) is 0 Å².